The second-order valence-electron chi connectivity index (χ2n) is 23.0. The maximum absolute atomic E-state index is 13.5. The predicted molar refractivity (Wildman–Crippen MR) is 344 cm³/mol. The lowest BCUT2D eigenvalue weighted by Crippen LogP contribution is -2.59. The first-order valence-electron chi connectivity index (χ1n) is 31.0. The highest BCUT2D eigenvalue weighted by Gasteiger charge is 2.53. The minimum Gasteiger partial charge on any atom is -0.400 e. The second kappa shape index (κ2) is 39.8. The molecule has 8 atom stereocenters. The normalized spacial score (nSPS) is 14.7. The molecule has 0 aromatic heterocycles. The third-order valence-electron chi connectivity index (χ3n) is 16.3. The summed E-state index contributed by atoms with van der Waals surface area (Å²) in [7, 11) is -4.14. The molecule has 8 unspecified atom stereocenters. The van der Waals surface area contributed by atoms with Crippen LogP contribution in [0.1, 0.15) is 166 Å². The Kier molecular flexibility index (Phi) is 34.4. The fraction of sp³-hybridized carbons (Fsp3) is 0.578. The van der Waals surface area contributed by atoms with E-state index < -0.39 is 62.4 Å². The minimum absolute atomic E-state index is 0.0272. The number of carbonyl (C=O) groups is 9. The number of hydrogen-bond donors (Lipinski definition) is 6. The van der Waals surface area contributed by atoms with Crippen molar-refractivity contribution < 1.29 is 69.1 Å². The van der Waals surface area contributed by atoms with Crippen molar-refractivity contribution in [3.63, 3.8) is 0 Å². The van der Waals surface area contributed by atoms with Gasteiger partial charge in [0.15, 0.2) is 0 Å². The molecule has 3 aromatic carbocycles. The first-order chi connectivity index (χ1) is 41.9. The summed E-state index contributed by atoms with van der Waals surface area (Å²) in [5, 5.41) is 8.89. The Labute approximate surface area is 525 Å². The molecule has 0 aliphatic heterocycles. The Morgan fingerprint density at radius 3 is 1.00 bits per heavy atom. The van der Waals surface area contributed by atoms with Crippen LogP contribution in [-0.4, -0.2) is 128 Å². The molecule has 0 fully saturated rings. The van der Waals surface area contributed by atoms with Crippen LogP contribution in [0.4, 0.5) is 0 Å². The van der Waals surface area contributed by atoms with Crippen molar-refractivity contribution in [2.75, 3.05) is 48.1 Å². The van der Waals surface area contributed by atoms with Crippen LogP contribution in [0.25, 0.3) is 0 Å². The Balaban J connectivity index is 1.75. The molecule has 6 amide bonds. The van der Waals surface area contributed by atoms with Gasteiger partial charge in [0.1, 0.15) is 17.3 Å². The number of benzene rings is 3. The summed E-state index contributed by atoms with van der Waals surface area (Å²) in [4.78, 5) is 114. The third kappa shape index (κ3) is 26.2. The quantitative estimate of drug-likeness (QED) is 0.0239. The largest absolute Gasteiger partial charge is 0.493 e. The molecule has 488 valence electrons. The first kappa shape index (κ1) is 76.1. The number of carbonyl (C=O) groups excluding carboxylic acids is 9. The SMILES string of the molecule is CCCC(CC(Cc1ccc(C(=O)NCCC[SiH](OC)O[Si](CCCNC(=O)c2ccc(CC(CC(CCC)C(C)=O)C(N)=O)cc2)(OC)O[Si](CCCNC(=O)c2ccc(CC(CC(CCC)C(C)=O)C(N)=O)cc2)(OC)OC)cc1)C(N)=O)C(C)=O. The summed E-state index contributed by atoms with van der Waals surface area (Å²) in [6.07, 6.45) is 7.79. The zero-order valence-corrected chi connectivity index (χ0v) is 56.8. The average molecular weight is 1280 g/mol. The number of nitrogens with one attached hydrogen (secondary N) is 3. The number of primary amides is 3. The number of Topliss-reactive ketones (excluding diaryl/α,β-unsaturated/α-hetero) is 3. The Bertz CT molecular complexity index is 2700. The van der Waals surface area contributed by atoms with Gasteiger partial charge in [-0.1, -0.05) is 76.4 Å². The maximum atomic E-state index is 13.5. The molecule has 21 nitrogen and oxygen atoms in total. The number of hydrogen-bond acceptors (Lipinski definition) is 15. The van der Waals surface area contributed by atoms with E-state index in [4.69, 9.17) is 43.1 Å². The predicted octanol–water partition coefficient (Wildman–Crippen LogP) is 7.28. The van der Waals surface area contributed by atoms with Crippen molar-refractivity contribution in [2.45, 2.75) is 156 Å². The van der Waals surface area contributed by atoms with Crippen LogP contribution < -0.4 is 33.2 Å². The highest BCUT2D eigenvalue weighted by molar-refractivity contribution is 6.78. The molecular weight excluding hydrogens is 1180 g/mol. The Morgan fingerprint density at radius 1 is 0.443 bits per heavy atom. The molecule has 3 aromatic rings. The van der Waals surface area contributed by atoms with E-state index in [1.165, 1.54) is 42.1 Å². The number of amides is 6. The fourth-order valence-corrected chi connectivity index (χ4v) is 21.3. The molecule has 3 rings (SSSR count). The first-order valence-corrected chi connectivity index (χ1v) is 36.6. The lowest BCUT2D eigenvalue weighted by atomic mass is 9.85. The van der Waals surface area contributed by atoms with Crippen LogP contribution >= 0.6 is 0 Å². The molecule has 0 saturated carbocycles. The van der Waals surface area contributed by atoms with Crippen LogP contribution in [-0.2, 0) is 74.0 Å². The third-order valence-corrected chi connectivity index (χ3v) is 26.4. The standard InChI is InChI=1S/C64H100N6O15Si3/c1-11-17-53(44(4)71)41-56(59(65)74)38-47-20-26-50(27-21-47)62(77)68-32-14-35-86(80-7)84-88(83-10,37-16-34-70-64(79)52-30-24-49(25-31-52)40-58(61(67)76)43-55(19-13-3)46(6)73)85-87(81-8,82-9)36-15-33-69-63(78)51-28-22-48(23-29-51)39-57(60(66)75)42-54(18-12-2)45(5)72/h20-31,53-58,86H,11-19,32-43H2,1-10H3,(H2,65,74)(H2,66,75)(H2,67,76)(H,68,77)(H,69,78)(H,70,79). The van der Waals surface area contributed by atoms with Gasteiger partial charge in [0.2, 0.25) is 17.7 Å². The Hall–Kier alpha value is -6.10. The summed E-state index contributed by atoms with van der Waals surface area (Å²) < 4.78 is 38.1. The van der Waals surface area contributed by atoms with Crippen molar-refractivity contribution >= 4 is 79.7 Å². The number of rotatable bonds is 47. The monoisotopic (exact) mass is 1280 g/mol. The summed E-state index contributed by atoms with van der Waals surface area (Å²) in [6.45, 7) is 11.3. The van der Waals surface area contributed by atoms with Crippen LogP contribution in [0.15, 0.2) is 72.8 Å². The van der Waals surface area contributed by atoms with Crippen molar-refractivity contribution in [3.05, 3.63) is 106 Å². The van der Waals surface area contributed by atoms with Gasteiger partial charge in [0, 0.05) is 112 Å². The van der Waals surface area contributed by atoms with Gasteiger partial charge < -0.3 is 59.1 Å². The molecule has 0 spiro atoms. The van der Waals surface area contributed by atoms with Crippen molar-refractivity contribution in [2.24, 2.45) is 52.7 Å². The van der Waals surface area contributed by atoms with Gasteiger partial charge in [-0.2, -0.15) is 0 Å². The number of nitrogens with two attached hydrogens (primary N) is 3. The lowest BCUT2D eigenvalue weighted by molar-refractivity contribution is -0.126. The van der Waals surface area contributed by atoms with E-state index in [2.05, 4.69) is 16.0 Å². The van der Waals surface area contributed by atoms with E-state index in [0.29, 0.717) is 99.8 Å². The summed E-state index contributed by atoms with van der Waals surface area (Å²) in [6, 6.07) is 21.7. The van der Waals surface area contributed by atoms with Gasteiger partial charge in [0.25, 0.3) is 17.7 Å². The summed E-state index contributed by atoms with van der Waals surface area (Å²) in [5.41, 5.74) is 21.0. The van der Waals surface area contributed by atoms with Gasteiger partial charge in [-0.25, -0.2) is 0 Å². The molecule has 88 heavy (non-hydrogen) atoms. The molecule has 0 saturated heterocycles. The fourth-order valence-electron chi connectivity index (χ4n) is 10.9. The molecule has 24 heteroatoms. The number of ketones is 3. The summed E-state index contributed by atoms with van der Waals surface area (Å²) >= 11 is 0. The topological polar surface area (TPSA) is 323 Å². The maximum Gasteiger partial charge on any atom is 0.493 e. The molecule has 9 N–H and O–H groups in total. The molecular formula is C64H100N6O15Si3. The molecule has 0 heterocycles. The van der Waals surface area contributed by atoms with Crippen molar-refractivity contribution in [1.29, 1.82) is 0 Å². The van der Waals surface area contributed by atoms with E-state index in [9.17, 15) is 43.2 Å². The highest BCUT2D eigenvalue weighted by Crippen LogP contribution is 2.30. The van der Waals surface area contributed by atoms with Crippen molar-refractivity contribution in [1.82, 2.24) is 16.0 Å². The lowest BCUT2D eigenvalue weighted by Gasteiger charge is -2.38. The van der Waals surface area contributed by atoms with E-state index >= 15 is 0 Å². The van der Waals surface area contributed by atoms with Crippen LogP contribution in [0.2, 0.25) is 18.1 Å². The molecule has 0 aliphatic rings. The highest BCUT2D eigenvalue weighted by atomic mass is 28.5. The van der Waals surface area contributed by atoms with Gasteiger partial charge >= 0.3 is 26.9 Å². The van der Waals surface area contributed by atoms with Gasteiger partial charge in [-0.05, 0) is 157 Å². The summed E-state index contributed by atoms with van der Waals surface area (Å²) in [5.74, 6) is -4.63. The smallest absolute Gasteiger partial charge is 0.400 e. The van der Waals surface area contributed by atoms with Gasteiger partial charge in [0.05, 0.1) is 0 Å². The zero-order chi connectivity index (χ0) is 65.4. The second-order valence-corrected chi connectivity index (χ2v) is 31.6. The van der Waals surface area contributed by atoms with Crippen LogP contribution in [0.5, 0.6) is 0 Å². The minimum atomic E-state index is -3.82. The van der Waals surface area contributed by atoms with Gasteiger partial charge in [-0.15, -0.1) is 0 Å². The molecule has 0 bridgehead atoms. The van der Waals surface area contributed by atoms with Crippen LogP contribution in [0, 0.1) is 35.5 Å². The Morgan fingerprint density at radius 2 is 0.739 bits per heavy atom. The van der Waals surface area contributed by atoms with Gasteiger partial charge in [-0.3, -0.25) is 43.2 Å². The van der Waals surface area contributed by atoms with E-state index in [0.717, 1.165) is 36.0 Å². The molecule has 0 aliphatic carbocycles. The van der Waals surface area contributed by atoms with E-state index in [1.807, 2.05) is 20.8 Å². The average Bonchev–Trinajstić information content (AvgIpc) is 3.71. The molecule has 0 radical (unpaired) electrons. The van der Waals surface area contributed by atoms with Crippen molar-refractivity contribution in [3.8, 4) is 0 Å². The van der Waals surface area contributed by atoms with E-state index in [1.54, 1.807) is 79.9 Å². The zero-order valence-electron chi connectivity index (χ0n) is 53.7. The van der Waals surface area contributed by atoms with Crippen LogP contribution in [0.3, 0.4) is 0 Å². The van der Waals surface area contributed by atoms with E-state index in [-0.39, 0.29) is 84.5 Å².